The minimum absolute atomic E-state index is 0.00952. The topological polar surface area (TPSA) is 110 Å². The molecule has 0 unspecified atom stereocenters. The fourth-order valence-electron chi connectivity index (χ4n) is 1.95. The monoisotopic (exact) mass is 328 g/mol. The van der Waals surface area contributed by atoms with Gasteiger partial charge in [0.15, 0.2) is 11.6 Å². The van der Waals surface area contributed by atoms with Gasteiger partial charge >= 0.3 is 0 Å². The lowest BCUT2D eigenvalue weighted by Gasteiger charge is -2.04. The number of carbonyl (C=O) groups excluding carboxylic acids is 1. The Labute approximate surface area is 138 Å². The maximum Gasteiger partial charge on any atom is 0.185 e. The molecule has 0 aromatic carbocycles. The quantitative estimate of drug-likeness (QED) is 0.505. The minimum atomic E-state index is -0.318. The maximum atomic E-state index is 11.9. The number of aryl methyl sites for hydroxylation is 2. The average molecular weight is 328 g/mol. The number of Topliss-reactive ketones (excluding diaryl/α,β-unsaturated/α-hetero) is 1. The lowest BCUT2D eigenvalue weighted by Crippen LogP contribution is -2.10. The first-order chi connectivity index (χ1) is 10.9. The molecule has 0 saturated heterocycles. The fourth-order valence-corrected chi connectivity index (χ4v) is 2.63. The Hall–Kier alpha value is -2.66. The van der Waals surface area contributed by atoms with Gasteiger partial charge < -0.3 is 5.73 Å². The van der Waals surface area contributed by atoms with Crippen LogP contribution in [0.5, 0.6) is 0 Å². The average Bonchev–Trinajstić information content (AvgIpc) is 2.84. The molecule has 0 radical (unpaired) electrons. The molecule has 0 fully saturated rings. The standard InChI is InChI=1S/C15H16N6OS/c1-9-6-10(2)21(20-9)14-4-5-15(19-18-14)23-8-13(22)12(7-16)11(3)17/h4-6H,8,17H2,1-3H3. The lowest BCUT2D eigenvalue weighted by atomic mass is 10.2. The van der Waals surface area contributed by atoms with Crippen molar-refractivity contribution >= 4 is 17.5 Å². The van der Waals surface area contributed by atoms with Crippen molar-refractivity contribution in [1.29, 1.82) is 5.26 Å². The number of thioether (sulfide) groups is 1. The molecule has 2 rings (SSSR count). The first-order valence-electron chi connectivity index (χ1n) is 6.82. The second-order valence-electron chi connectivity index (χ2n) is 4.95. The number of ketones is 1. The first-order valence-corrected chi connectivity index (χ1v) is 7.80. The van der Waals surface area contributed by atoms with E-state index in [0.717, 1.165) is 11.4 Å². The number of nitrogens with zero attached hydrogens (tertiary/aromatic N) is 5. The molecule has 118 valence electrons. The summed E-state index contributed by atoms with van der Waals surface area (Å²) in [5.41, 5.74) is 7.59. The van der Waals surface area contributed by atoms with Gasteiger partial charge in [-0.05, 0) is 39.0 Å². The third-order valence-corrected chi connectivity index (χ3v) is 3.91. The smallest absolute Gasteiger partial charge is 0.185 e. The second kappa shape index (κ2) is 7.07. The van der Waals surface area contributed by atoms with Gasteiger partial charge in [-0.2, -0.15) is 10.4 Å². The molecule has 2 heterocycles. The summed E-state index contributed by atoms with van der Waals surface area (Å²) in [5.74, 6) is 0.384. The molecule has 8 heteroatoms. The zero-order valence-electron chi connectivity index (χ0n) is 13.1. The van der Waals surface area contributed by atoms with Crippen LogP contribution in [0.1, 0.15) is 18.3 Å². The predicted octanol–water partition coefficient (Wildman–Crippen LogP) is 1.70. The van der Waals surface area contributed by atoms with Crippen LogP contribution in [0.25, 0.3) is 5.82 Å². The number of carbonyl (C=O) groups is 1. The number of aromatic nitrogens is 4. The minimum Gasteiger partial charge on any atom is -0.401 e. The van der Waals surface area contributed by atoms with Crippen LogP contribution >= 0.6 is 11.8 Å². The molecule has 0 saturated carbocycles. The number of rotatable bonds is 5. The number of hydrogen-bond acceptors (Lipinski definition) is 7. The Morgan fingerprint density at radius 1 is 1.39 bits per heavy atom. The summed E-state index contributed by atoms with van der Waals surface area (Å²) in [7, 11) is 0. The van der Waals surface area contributed by atoms with Gasteiger partial charge in [-0.25, -0.2) is 4.68 Å². The van der Waals surface area contributed by atoms with Gasteiger partial charge in [-0.1, -0.05) is 11.8 Å². The van der Waals surface area contributed by atoms with Gasteiger partial charge in [0.25, 0.3) is 0 Å². The summed E-state index contributed by atoms with van der Waals surface area (Å²) in [6.45, 7) is 5.38. The van der Waals surface area contributed by atoms with E-state index in [1.54, 1.807) is 16.8 Å². The van der Waals surface area contributed by atoms with Crippen molar-refractivity contribution in [2.24, 2.45) is 5.73 Å². The molecular formula is C15H16N6OS. The fraction of sp³-hybridized carbons (Fsp3) is 0.267. The van der Waals surface area contributed by atoms with Crippen molar-refractivity contribution in [3.8, 4) is 11.9 Å². The molecule has 23 heavy (non-hydrogen) atoms. The Bertz CT molecular complexity index is 796. The number of hydrogen-bond donors (Lipinski definition) is 1. The van der Waals surface area contributed by atoms with E-state index < -0.39 is 0 Å². The van der Waals surface area contributed by atoms with Crippen LogP contribution in [0.4, 0.5) is 0 Å². The van der Waals surface area contributed by atoms with Gasteiger partial charge in [-0.3, -0.25) is 4.79 Å². The zero-order chi connectivity index (χ0) is 17.0. The van der Waals surface area contributed by atoms with E-state index in [-0.39, 0.29) is 22.8 Å². The molecule has 0 spiro atoms. The predicted molar refractivity (Wildman–Crippen MR) is 86.9 cm³/mol. The highest BCUT2D eigenvalue weighted by Crippen LogP contribution is 2.17. The van der Waals surface area contributed by atoms with Crippen molar-refractivity contribution in [3.05, 3.63) is 40.9 Å². The third kappa shape index (κ3) is 3.96. The van der Waals surface area contributed by atoms with Crippen LogP contribution in [0.15, 0.2) is 34.5 Å². The first kappa shape index (κ1) is 16.7. The van der Waals surface area contributed by atoms with Gasteiger partial charge in [-0.15, -0.1) is 10.2 Å². The van der Waals surface area contributed by atoms with Crippen molar-refractivity contribution in [2.75, 3.05) is 5.75 Å². The summed E-state index contributed by atoms with van der Waals surface area (Å²) < 4.78 is 1.70. The number of nitrogens with two attached hydrogens (primary N) is 1. The molecule has 7 nitrogen and oxygen atoms in total. The second-order valence-corrected chi connectivity index (χ2v) is 5.95. The summed E-state index contributed by atoms with van der Waals surface area (Å²) >= 11 is 1.21. The summed E-state index contributed by atoms with van der Waals surface area (Å²) in [4.78, 5) is 11.9. The van der Waals surface area contributed by atoms with Gasteiger partial charge in [0, 0.05) is 11.4 Å². The van der Waals surface area contributed by atoms with Gasteiger partial charge in [0.1, 0.15) is 16.7 Å². The maximum absolute atomic E-state index is 11.9. The van der Waals surface area contributed by atoms with Crippen LogP contribution < -0.4 is 5.73 Å². The molecule has 0 aliphatic carbocycles. The molecular weight excluding hydrogens is 312 g/mol. The van der Waals surface area contributed by atoms with E-state index in [9.17, 15) is 4.79 Å². The number of allylic oxidation sites excluding steroid dienone is 2. The van der Waals surface area contributed by atoms with E-state index in [4.69, 9.17) is 11.0 Å². The third-order valence-electron chi connectivity index (χ3n) is 2.99. The van der Waals surface area contributed by atoms with E-state index >= 15 is 0 Å². The SMILES string of the molecule is CC(N)=C(C#N)C(=O)CSc1ccc(-n2nc(C)cc2C)nn1. The molecule has 0 amide bonds. The van der Waals surface area contributed by atoms with Crippen LogP contribution in [0, 0.1) is 25.2 Å². The van der Waals surface area contributed by atoms with Crippen LogP contribution in [0.3, 0.4) is 0 Å². The Morgan fingerprint density at radius 2 is 2.13 bits per heavy atom. The molecule has 2 aromatic rings. The van der Waals surface area contributed by atoms with Crippen molar-refractivity contribution in [2.45, 2.75) is 25.8 Å². The van der Waals surface area contributed by atoms with Crippen molar-refractivity contribution < 1.29 is 4.79 Å². The van der Waals surface area contributed by atoms with Gasteiger partial charge in [0.2, 0.25) is 0 Å². The number of nitriles is 1. The summed E-state index contributed by atoms with van der Waals surface area (Å²) in [6, 6.07) is 7.32. The molecule has 0 bridgehead atoms. The lowest BCUT2D eigenvalue weighted by molar-refractivity contribution is -0.112. The van der Waals surface area contributed by atoms with Gasteiger partial charge in [0.05, 0.1) is 11.4 Å². The van der Waals surface area contributed by atoms with E-state index in [2.05, 4.69) is 15.3 Å². The van der Waals surface area contributed by atoms with Crippen LogP contribution in [0.2, 0.25) is 0 Å². The van der Waals surface area contributed by atoms with E-state index in [0.29, 0.717) is 10.8 Å². The van der Waals surface area contributed by atoms with Crippen LogP contribution in [-0.2, 0) is 4.79 Å². The molecule has 0 aliphatic rings. The molecule has 0 atom stereocenters. The highest BCUT2D eigenvalue weighted by molar-refractivity contribution is 7.99. The highest BCUT2D eigenvalue weighted by atomic mass is 32.2. The molecule has 2 N–H and O–H groups in total. The van der Waals surface area contributed by atoms with Crippen molar-refractivity contribution in [3.63, 3.8) is 0 Å². The highest BCUT2D eigenvalue weighted by Gasteiger charge is 2.13. The summed E-state index contributed by atoms with van der Waals surface area (Å²) in [5, 5.41) is 22.0. The molecule has 0 aliphatic heterocycles. The summed E-state index contributed by atoms with van der Waals surface area (Å²) in [6.07, 6.45) is 0. The normalized spacial score (nSPS) is 11.7. The Kier molecular flexibility index (Phi) is 5.13. The Morgan fingerprint density at radius 3 is 2.61 bits per heavy atom. The van der Waals surface area contributed by atoms with Crippen LogP contribution in [-0.4, -0.2) is 31.5 Å². The zero-order valence-corrected chi connectivity index (χ0v) is 13.9. The van der Waals surface area contributed by atoms with E-state index in [1.807, 2.05) is 26.0 Å². The molecule has 2 aromatic heterocycles. The van der Waals surface area contributed by atoms with E-state index in [1.165, 1.54) is 18.7 Å². The Balaban J connectivity index is 2.07. The largest absolute Gasteiger partial charge is 0.401 e. The van der Waals surface area contributed by atoms with Crippen molar-refractivity contribution in [1.82, 2.24) is 20.0 Å².